The molecule has 0 aliphatic carbocycles. The van der Waals surface area contributed by atoms with Gasteiger partial charge in [0.2, 0.25) is 0 Å². The molecule has 1 rings (SSSR count). The van der Waals surface area contributed by atoms with Crippen molar-refractivity contribution in [1.29, 1.82) is 0 Å². The number of carbonyl (C=O) groups is 1. The predicted molar refractivity (Wildman–Crippen MR) is 58.2 cm³/mol. The maximum absolute atomic E-state index is 11.5. The molecule has 0 N–H and O–H groups in total. The van der Waals surface area contributed by atoms with E-state index < -0.39 is 5.97 Å². The lowest BCUT2D eigenvalue weighted by molar-refractivity contribution is -0.146. The first-order valence-corrected chi connectivity index (χ1v) is 4.57. The maximum atomic E-state index is 11.5. The Morgan fingerprint density at radius 1 is 1.40 bits per heavy atom. The summed E-state index contributed by atoms with van der Waals surface area (Å²) in [7, 11) is 1.46. The number of hydrogen-bond acceptors (Lipinski definition) is 3. The van der Waals surface area contributed by atoms with Crippen molar-refractivity contribution < 1.29 is 14.3 Å². The zero-order chi connectivity index (χ0) is 11.3. The molecule has 0 heterocycles. The lowest BCUT2D eigenvalue weighted by Crippen LogP contribution is -2.09. The highest BCUT2D eigenvalue weighted by Gasteiger charge is 2.12. The van der Waals surface area contributed by atoms with Crippen LogP contribution >= 0.6 is 0 Å². The number of carbonyl (C=O) groups excluding carboxylic acids is 1. The van der Waals surface area contributed by atoms with Crippen LogP contribution in [0.1, 0.15) is 11.1 Å². The molecule has 0 spiro atoms. The van der Waals surface area contributed by atoms with Gasteiger partial charge in [0.25, 0.3) is 0 Å². The average molecular weight is 206 g/mol. The Bertz CT molecular complexity index is 369. The molecule has 0 radical (unpaired) electrons. The minimum absolute atomic E-state index is 0.0519. The molecule has 0 unspecified atom stereocenters. The van der Waals surface area contributed by atoms with Gasteiger partial charge in [-0.15, -0.1) is 0 Å². The normalized spacial score (nSPS) is 9.73. The molecule has 15 heavy (non-hydrogen) atoms. The summed E-state index contributed by atoms with van der Waals surface area (Å²) >= 11 is 0. The van der Waals surface area contributed by atoms with E-state index >= 15 is 0 Å². The number of esters is 1. The van der Waals surface area contributed by atoms with Gasteiger partial charge in [-0.25, -0.2) is 4.79 Å². The molecule has 0 bridgehead atoms. The summed E-state index contributed by atoms with van der Waals surface area (Å²) < 4.78 is 9.45. The fraction of sp³-hybridized carbons (Fsp3) is 0.250. The van der Waals surface area contributed by atoms with E-state index in [4.69, 9.17) is 4.74 Å². The minimum Gasteiger partial charge on any atom is -0.435 e. The predicted octanol–water partition coefficient (Wildman–Crippen LogP) is 2.16. The summed E-state index contributed by atoms with van der Waals surface area (Å²) in [5.74, 6) is -0.453. The summed E-state index contributed by atoms with van der Waals surface area (Å²) in [5, 5.41) is 0. The molecule has 1 aromatic carbocycles. The van der Waals surface area contributed by atoms with Crippen molar-refractivity contribution >= 4 is 11.5 Å². The summed E-state index contributed by atoms with van der Waals surface area (Å²) in [5.41, 5.74) is 2.15. The van der Waals surface area contributed by atoms with E-state index in [-0.39, 0.29) is 6.79 Å². The van der Waals surface area contributed by atoms with E-state index in [0.29, 0.717) is 5.57 Å². The third kappa shape index (κ3) is 2.92. The van der Waals surface area contributed by atoms with Gasteiger partial charge in [-0.05, 0) is 18.1 Å². The first kappa shape index (κ1) is 11.5. The second-order valence-electron chi connectivity index (χ2n) is 3.13. The fourth-order valence-electron chi connectivity index (χ4n) is 1.22. The van der Waals surface area contributed by atoms with E-state index in [1.807, 2.05) is 31.2 Å². The van der Waals surface area contributed by atoms with Gasteiger partial charge in [0, 0.05) is 7.11 Å². The summed E-state index contributed by atoms with van der Waals surface area (Å²) in [6.45, 7) is 5.58. The van der Waals surface area contributed by atoms with E-state index in [0.717, 1.165) is 11.1 Å². The van der Waals surface area contributed by atoms with E-state index in [9.17, 15) is 4.79 Å². The van der Waals surface area contributed by atoms with Crippen LogP contribution in [0.2, 0.25) is 0 Å². The van der Waals surface area contributed by atoms with Crippen LogP contribution in [0, 0.1) is 6.92 Å². The van der Waals surface area contributed by atoms with E-state index in [1.165, 1.54) is 7.11 Å². The first-order chi connectivity index (χ1) is 7.16. The Morgan fingerprint density at radius 3 is 2.67 bits per heavy atom. The highest BCUT2D eigenvalue weighted by Crippen LogP contribution is 2.17. The number of hydrogen-bond donors (Lipinski definition) is 0. The topological polar surface area (TPSA) is 35.5 Å². The highest BCUT2D eigenvalue weighted by atomic mass is 16.7. The van der Waals surface area contributed by atoms with Crippen molar-refractivity contribution in [2.24, 2.45) is 0 Å². The Morgan fingerprint density at radius 2 is 2.07 bits per heavy atom. The number of ether oxygens (including phenoxy) is 2. The maximum Gasteiger partial charge on any atom is 0.340 e. The van der Waals surface area contributed by atoms with Crippen LogP contribution in [0.5, 0.6) is 0 Å². The summed E-state index contributed by atoms with van der Waals surface area (Å²) in [6.07, 6.45) is 0. The number of aryl methyl sites for hydroxylation is 1. The Balaban J connectivity index is 2.77. The van der Waals surface area contributed by atoms with Crippen LogP contribution in [0.25, 0.3) is 5.57 Å². The SMILES string of the molecule is C=C(C(=O)OCOC)c1ccccc1C. The van der Waals surface area contributed by atoms with E-state index in [2.05, 4.69) is 11.3 Å². The second kappa shape index (κ2) is 5.32. The zero-order valence-corrected chi connectivity index (χ0v) is 8.95. The van der Waals surface area contributed by atoms with Gasteiger partial charge in [0.15, 0.2) is 6.79 Å². The lowest BCUT2D eigenvalue weighted by Gasteiger charge is -2.08. The molecule has 3 nitrogen and oxygen atoms in total. The molecule has 0 atom stereocenters. The monoisotopic (exact) mass is 206 g/mol. The van der Waals surface area contributed by atoms with E-state index in [1.54, 1.807) is 0 Å². The van der Waals surface area contributed by atoms with Gasteiger partial charge >= 0.3 is 5.97 Å². The molecular weight excluding hydrogens is 192 g/mol. The van der Waals surface area contributed by atoms with Crippen molar-refractivity contribution in [3.8, 4) is 0 Å². The van der Waals surface area contributed by atoms with Gasteiger partial charge in [0.05, 0.1) is 5.57 Å². The van der Waals surface area contributed by atoms with Crippen LogP contribution in [0.3, 0.4) is 0 Å². The molecular formula is C12H14O3. The Labute approximate surface area is 89.3 Å². The van der Waals surface area contributed by atoms with Gasteiger partial charge in [-0.2, -0.15) is 0 Å². The number of rotatable bonds is 4. The third-order valence-electron chi connectivity index (χ3n) is 2.02. The van der Waals surface area contributed by atoms with Crippen molar-refractivity contribution in [3.05, 3.63) is 42.0 Å². The van der Waals surface area contributed by atoms with Gasteiger partial charge < -0.3 is 9.47 Å². The molecule has 1 aromatic rings. The average Bonchev–Trinajstić information content (AvgIpc) is 2.25. The van der Waals surface area contributed by atoms with Crippen LogP contribution in [-0.4, -0.2) is 19.9 Å². The van der Waals surface area contributed by atoms with Crippen LogP contribution < -0.4 is 0 Å². The summed E-state index contributed by atoms with van der Waals surface area (Å²) in [6, 6.07) is 7.53. The van der Waals surface area contributed by atoms with Crippen molar-refractivity contribution in [2.45, 2.75) is 6.92 Å². The van der Waals surface area contributed by atoms with Crippen molar-refractivity contribution in [1.82, 2.24) is 0 Å². The molecule has 0 fully saturated rings. The zero-order valence-electron chi connectivity index (χ0n) is 8.95. The largest absolute Gasteiger partial charge is 0.435 e. The molecule has 0 amide bonds. The molecule has 0 aliphatic heterocycles. The molecule has 80 valence electrons. The van der Waals surface area contributed by atoms with Crippen molar-refractivity contribution in [3.63, 3.8) is 0 Å². The first-order valence-electron chi connectivity index (χ1n) is 4.57. The number of methoxy groups -OCH3 is 1. The smallest absolute Gasteiger partial charge is 0.340 e. The summed E-state index contributed by atoms with van der Waals surface area (Å²) in [4.78, 5) is 11.5. The molecule has 3 heteroatoms. The third-order valence-corrected chi connectivity index (χ3v) is 2.02. The second-order valence-corrected chi connectivity index (χ2v) is 3.13. The lowest BCUT2D eigenvalue weighted by atomic mass is 10.0. The molecule has 0 saturated heterocycles. The minimum atomic E-state index is -0.453. The standard InChI is InChI=1S/C12H14O3/c1-9-6-4-5-7-11(9)10(2)12(13)15-8-14-3/h4-7H,2,8H2,1,3H3. The number of benzene rings is 1. The highest BCUT2D eigenvalue weighted by molar-refractivity contribution is 6.15. The molecule has 0 aromatic heterocycles. The Hall–Kier alpha value is -1.61. The molecule has 0 aliphatic rings. The molecule has 0 saturated carbocycles. The Kier molecular flexibility index (Phi) is 4.06. The van der Waals surface area contributed by atoms with Crippen LogP contribution in [0.4, 0.5) is 0 Å². The van der Waals surface area contributed by atoms with Gasteiger partial charge in [-0.1, -0.05) is 30.8 Å². The fourth-order valence-corrected chi connectivity index (χ4v) is 1.22. The van der Waals surface area contributed by atoms with Crippen LogP contribution in [0.15, 0.2) is 30.8 Å². The van der Waals surface area contributed by atoms with Gasteiger partial charge in [0.1, 0.15) is 0 Å². The van der Waals surface area contributed by atoms with Crippen molar-refractivity contribution in [2.75, 3.05) is 13.9 Å². The quantitative estimate of drug-likeness (QED) is 0.430. The van der Waals surface area contributed by atoms with Gasteiger partial charge in [-0.3, -0.25) is 0 Å². The van der Waals surface area contributed by atoms with Crippen LogP contribution in [-0.2, 0) is 14.3 Å².